The van der Waals surface area contributed by atoms with Gasteiger partial charge in [0.05, 0.1) is 30.1 Å². The Bertz CT molecular complexity index is 1850. The first-order valence-corrected chi connectivity index (χ1v) is 17.8. The van der Waals surface area contributed by atoms with E-state index in [2.05, 4.69) is 27.3 Å². The fraction of sp³-hybridized carbons (Fsp3) is 0.545. The van der Waals surface area contributed by atoms with E-state index < -0.39 is 27.1 Å². The first-order valence-electron chi connectivity index (χ1n) is 15.9. The smallest absolute Gasteiger partial charge is 0.412 e. The number of nitrogens with one attached hydrogen (secondary N) is 1. The van der Waals surface area contributed by atoms with E-state index in [0.29, 0.717) is 55.4 Å². The lowest BCUT2D eigenvalue weighted by atomic mass is 9.71. The van der Waals surface area contributed by atoms with Crippen molar-refractivity contribution in [2.24, 2.45) is 0 Å². The second-order valence-corrected chi connectivity index (χ2v) is 16.0. The lowest BCUT2D eigenvalue weighted by Crippen LogP contribution is -2.41. The van der Waals surface area contributed by atoms with Gasteiger partial charge in [-0.15, -0.1) is 0 Å². The van der Waals surface area contributed by atoms with Crippen molar-refractivity contribution in [3.8, 4) is 0 Å². The molecule has 0 radical (unpaired) electrons. The van der Waals surface area contributed by atoms with Gasteiger partial charge in [-0.2, -0.15) is 5.10 Å². The van der Waals surface area contributed by atoms with Gasteiger partial charge in [-0.1, -0.05) is 13.0 Å². The maximum Gasteiger partial charge on any atom is 0.412 e. The van der Waals surface area contributed by atoms with Crippen LogP contribution in [0.4, 0.5) is 16.3 Å². The van der Waals surface area contributed by atoms with Crippen molar-refractivity contribution in [1.29, 1.82) is 0 Å². The summed E-state index contributed by atoms with van der Waals surface area (Å²) in [5, 5.41) is 7.17. The highest BCUT2D eigenvalue weighted by Crippen LogP contribution is 2.49. The minimum atomic E-state index is -3.75. The van der Waals surface area contributed by atoms with Crippen LogP contribution in [0.3, 0.4) is 0 Å². The zero-order valence-electron chi connectivity index (χ0n) is 28.1. The molecule has 0 bridgehead atoms. The first-order chi connectivity index (χ1) is 22.0. The van der Waals surface area contributed by atoms with Crippen LogP contribution in [0.5, 0.6) is 0 Å². The Hall–Kier alpha value is -4.04. The summed E-state index contributed by atoms with van der Waals surface area (Å²) >= 11 is 0. The van der Waals surface area contributed by atoms with E-state index >= 15 is 0 Å². The van der Waals surface area contributed by atoms with Crippen molar-refractivity contribution in [2.45, 2.75) is 95.4 Å². The molecule has 0 saturated carbocycles. The van der Waals surface area contributed by atoms with E-state index in [1.54, 1.807) is 20.2 Å². The quantitative estimate of drug-likeness (QED) is 0.398. The Labute approximate surface area is 275 Å². The normalized spacial score (nSPS) is 20.9. The predicted molar refractivity (Wildman–Crippen MR) is 175 cm³/mol. The number of benzene rings is 1. The Morgan fingerprint density at radius 3 is 2.62 bits per heavy atom. The molecular formula is C33H43N7O6S. The number of rotatable bonds is 4. The number of fused-ring (bicyclic) bond motifs is 4. The minimum absolute atomic E-state index is 0.180. The number of anilines is 2. The van der Waals surface area contributed by atoms with Crippen LogP contribution in [0, 0.1) is 0 Å². The number of aromatic nitrogens is 4. The van der Waals surface area contributed by atoms with Gasteiger partial charge in [-0.3, -0.25) is 14.8 Å². The van der Waals surface area contributed by atoms with Crippen molar-refractivity contribution >= 4 is 33.3 Å². The van der Waals surface area contributed by atoms with Crippen molar-refractivity contribution < 1.29 is 27.5 Å². The van der Waals surface area contributed by atoms with E-state index in [9.17, 15) is 18.0 Å². The topological polar surface area (TPSA) is 149 Å². The molecule has 2 atom stereocenters. The van der Waals surface area contributed by atoms with Gasteiger partial charge in [-0.25, -0.2) is 23.2 Å². The summed E-state index contributed by atoms with van der Waals surface area (Å²) < 4.78 is 40.0. The number of hydrogen-bond acceptors (Lipinski definition) is 10. The van der Waals surface area contributed by atoms with Gasteiger partial charge in [0.15, 0.2) is 5.69 Å². The van der Waals surface area contributed by atoms with Crippen LogP contribution >= 0.6 is 0 Å². The van der Waals surface area contributed by atoms with E-state index in [4.69, 9.17) is 9.47 Å². The van der Waals surface area contributed by atoms with Crippen LogP contribution in [0.2, 0.25) is 0 Å². The molecule has 2 amide bonds. The molecule has 252 valence electrons. The summed E-state index contributed by atoms with van der Waals surface area (Å²) in [6.07, 6.45) is 3.23. The first kappa shape index (κ1) is 32.9. The number of amides is 2. The molecule has 3 aliphatic rings. The Kier molecular flexibility index (Phi) is 8.32. The van der Waals surface area contributed by atoms with E-state index in [1.165, 1.54) is 4.90 Å². The fourth-order valence-electron chi connectivity index (χ4n) is 6.68. The second kappa shape index (κ2) is 11.9. The van der Waals surface area contributed by atoms with Gasteiger partial charge in [0.2, 0.25) is 15.0 Å². The van der Waals surface area contributed by atoms with Crippen molar-refractivity contribution in [3.05, 3.63) is 58.0 Å². The molecule has 2 aromatic heterocycles. The van der Waals surface area contributed by atoms with Gasteiger partial charge in [-0.05, 0) is 75.3 Å². The molecule has 1 N–H and O–H groups in total. The van der Waals surface area contributed by atoms with Crippen molar-refractivity contribution in [2.75, 3.05) is 37.1 Å². The monoisotopic (exact) mass is 665 g/mol. The molecule has 1 aliphatic carbocycles. The molecule has 1 aromatic carbocycles. The maximum absolute atomic E-state index is 12.9. The summed E-state index contributed by atoms with van der Waals surface area (Å²) in [6.45, 7) is 9.42. The van der Waals surface area contributed by atoms with Gasteiger partial charge < -0.3 is 19.3 Å². The van der Waals surface area contributed by atoms with Crippen LogP contribution in [0.25, 0.3) is 0 Å². The second-order valence-electron chi connectivity index (χ2n) is 14.1. The molecular weight excluding hydrogens is 622 g/mol. The highest BCUT2D eigenvalue weighted by atomic mass is 32.2. The summed E-state index contributed by atoms with van der Waals surface area (Å²) in [7, 11) is -0.369. The number of carbonyl (C=O) groups is 2. The number of aryl methyl sites for hydroxylation is 1. The van der Waals surface area contributed by atoms with Crippen LogP contribution in [0.1, 0.15) is 91.4 Å². The highest BCUT2D eigenvalue weighted by molar-refractivity contribution is 7.90. The standard InChI is InChI=1S/C33H43N7O6S/c1-20-11-12-33(25-15-21(9-10-23(20)25)34-31(42)46-32(2,3)4)17-27-24(19-45-33)28(36-30(35-27)47(7,43)44)39-13-8-14-40-22(18-39)16-26(37-40)29(41)38(5)6/h9-10,15-16,20H,8,11-14,17-19H2,1-7H3,(H,34,42)/t20-,33?/m0/s1. The van der Waals surface area contributed by atoms with Gasteiger partial charge in [0.25, 0.3) is 5.91 Å². The van der Waals surface area contributed by atoms with Crippen molar-refractivity contribution in [1.82, 2.24) is 24.6 Å². The molecule has 1 unspecified atom stereocenters. The molecule has 0 saturated heterocycles. The van der Waals surface area contributed by atoms with Gasteiger partial charge in [0, 0.05) is 51.1 Å². The third-order valence-corrected chi connectivity index (χ3v) is 9.81. The Balaban J connectivity index is 1.38. The molecule has 2 aliphatic heterocycles. The highest BCUT2D eigenvalue weighted by Gasteiger charge is 2.45. The summed E-state index contributed by atoms with van der Waals surface area (Å²) in [5.41, 5.74) is 3.85. The average molecular weight is 666 g/mol. The minimum Gasteiger partial charge on any atom is -0.444 e. The summed E-state index contributed by atoms with van der Waals surface area (Å²) in [4.78, 5) is 38.0. The number of hydrogen-bond donors (Lipinski definition) is 1. The largest absolute Gasteiger partial charge is 0.444 e. The average Bonchev–Trinajstić information content (AvgIpc) is 3.27. The number of sulfone groups is 1. The molecule has 0 fully saturated rings. The third kappa shape index (κ3) is 6.57. The Morgan fingerprint density at radius 2 is 1.91 bits per heavy atom. The summed E-state index contributed by atoms with van der Waals surface area (Å²) in [5.74, 6) is 0.612. The molecule has 6 rings (SSSR count). The van der Waals surface area contributed by atoms with Crippen molar-refractivity contribution in [3.63, 3.8) is 0 Å². The number of carbonyl (C=O) groups excluding carboxylic acids is 2. The third-order valence-electron chi connectivity index (χ3n) is 8.97. The molecule has 1 spiro atoms. The number of nitrogens with zero attached hydrogens (tertiary/aromatic N) is 6. The van der Waals surface area contributed by atoms with Gasteiger partial charge in [0.1, 0.15) is 11.4 Å². The van der Waals surface area contributed by atoms with Gasteiger partial charge >= 0.3 is 6.09 Å². The molecule has 4 heterocycles. The lowest BCUT2D eigenvalue weighted by molar-refractivity contribution is -0.0872. The molecule has 3 aromatic rings. The zero-order valence-corrected chi connectivity index (χ0v) is 28.9. The fourth-order valence-corrected chi connectivity index (χ4v) is 7.21. The zero-order chi connectivity index (χ0) is 33.9. The SMILES string of the molecule is C[C@H]1CCC2(Cc3nc(S(C)(=O)=O)nc(N4CCCn5nc(C(=O)N(C)C)cc5C4)c3CO2)c2cc(NC(=O)OC(C)(C)C)ccc21. The molecule has 13 nitrogen and oxygen atoms in total. The van der Waals surface area contributed by atoms with E-state index in [0.717, 1.165) is 41.5 Å². The van der Waals surface area contributed by atoms with Crippen LogP contribution < -0.4 is 10.2 Å². The molecule has 47 heavy (non-hydrogen) atoms. The number of ether oxygens (including phenoxy) is 2. The lowest BCUT2D eigenvalue weighted by Gasteiger charge is -2.44. The van der Waals surface area contributed by atoms with E-state index in [1.807, 2.05) is 48.6 Å². The maximum atomic E-state index is 12.9. The van der Waals surface area contributed by atoms with Crippen LogP contribution in [0.15, 0.2) is 29.4 Å². The Morgan fingerprint density at radius 1 is 1.15 bits per heavy atom. The van der Waals surface area contributed by atoms with Crippen LogP contribution in [-0.2, 0) is 51.0 Å². The molecule has 14 heteroatoms. The summed E-state index contributed by atoms with van der Waals surface area (Å²) in [6, 6.07) is 7.64. The van der Waals surface area contributed by atoms with Crippen LogP contribution in [-0.4, -0.2) is 77.6 Å². The predicted octanol–water partition coefficient (Wildman–Crippen LogP) is 4.40. The van der Waals surface area contributed by atoms with E-state index in [-0.39, 0.29) is 23.6 Å².